The van der Waals surface area contributed by atoms with E-state index in [0.29, 0.717) is 4.90 Å². The van der Waals surface area contributed by atoms with Gasteiger partial charge in [-0.3, -0.25) is 9.00 Å². The number of hydrogen-bond donors (Lipinski definition) is 0. The highest BCUT2D eigenvalue weighted by molar-refractivity contribution is 7.86. The molecule has 0 unspecified atom stereocenters. The molecule has 0 fully saturated rings. The van der Waals surface area contributed by atoms with Crippen LogP contribution in [-0.2, 0) is 20.3 Å². The molecule has 0 bridgehead atoms. The van der Waals surface area contributed by atoms with Crippen LogP contribution in [-0.4, -0.2) is 22.0 Å². The Balaban J connectivity index is 2.82. The van der Waals surface area contributed by atoms with Gasteiger partial charge in [-0.25, -0.2) is 4.39 Å². The van der Waals surface area contributed by atoms with Crippen LogP contribution in [0.3, 0.4) is 0 Å². The molecular weight excluding hydrogens is 231 g/mol. The van der Waals surface area contributed by atoms with Gasteiger partial charge in [0.15, 0.2) is 0 Å². The number of ether oxygens (including phenoxy) is 1. The Morgan fingerprint density at radius 2 is 2.25 bits per heavy atom. The number of rotatable bonds is 4. The molecule has 0 aliphatic rings. The van der Waals surface area contributed by atoms with Gasteiger partial charge >= 0.3 is 5.97 Å². The summed E-state index contributed by atoms with van der Waals surface area (Å²) >= 11 is 0. The van der Waals surface area contributed by atoms with Gasteiger partial charge in [0.25, 0.3) is 0 Å². The van der Waals surface area contributed by atoms with Crippen LogP contribution in [0.15, 0.2) is 29.2 Å². The molecule has 0 amide bonds. The molecule has 1 aromatic carbocycles. The smallest absolute Gasteiger partial charge is 0.321 e. The average molecular weight is 244 g/mol. The van der Waals surface area contributed by atoms with E-state index in [4.69, 9.17) is 4.74 Å². The predicted octanol–water partition coefficient (Wildman–Crippen LogP) is 1.88. The van der Waals surface area contributed by atoms with Crippen LogP contribution in [0, 0.1) is 5.82 Å². The van der Waals surface area contributed by atoms with Crippen LogP contribution in [0.5, 0.6) is 0 Å². The lowest BCUT2D eigenvalue weighted by atomic mass is 10.3. The lowest BCUT2D eigenvalue weighted by Crippen LogP contribution is -2.25. The Hall–Kier alpha value is -1.23. The van der Waals surface area contributed by atoms with Gasteiger partial charge in [-0.2, -0.15) is 0 Å². The SMILES string of the molecule is CCOC(=O)[C@@H](C)[S@](=O)c1cccc(F)c1. The molecule has 0 radical (unpaired) electrons. The minimum absolute atomic E-state index is 0.240. The van der Waals surface area contributed by atoms with E-state index in [-0.39, 0.29) is 6.61 Å². The largest absolute Gasteiger partial charge is 0.465 e. The van der Waals surface area contributed by atoms with Crippen molar-refractivity contribution in [2.45, 2.75) is 24.0 Å². The fourth-order valence-corrected chi connectivity index (χ4v) is 2.24. The van der Waals surface area contributed by atoms with Gasteiger partial charge in [-0.1, -0.05) is 6.07 Å². The second kappa shape index (κ2) is 5.75. The van der Waals surface area contributed by atoms with Gasteiger partial charge in [-0.05, 0) is 32.0 Å². The minimum Gasteiger partial charge on any atom is -0.465 e. The number of carbonyl (C=O) groups is 1. The normalized spacial score (nSPS) is 14.2. The molecule has 88 valence electrons. The molecule has 0 aliphatic heterocycles. The van der Waals surface area contributed by atoms with E-state index < -0.39 is 27.8 Å². The van der Waals surface area contributed by atoms with Gasteiger partial charge in [0, 0.05) is 4.90 Å². The van der Waals surface area contributed by atoms with E-state index in [1.165, 1.54) is 25.1 Å². The summed E-state index contributed by atoms with van der Waals surface area (Å²) in [5, 5.41) is -0.790. The van der Waals surface area contributed by atoms with Crippen molar-refractivity contribution in [2.75, 3.05) is 6.61 Å². The first kappa shape index (κ1) is 12.8. The van der Waals surface area contributed by atoms with Crippen LogP contribution >= 0.6 is 0 Å². The number of carbonyl (C=O) groups excluding carboxylic acids is 1. The number of hydrogen-bond acceptors (Lipinski definition) is 3. The third kappa shape index (κ3) is 3.13. The summed E-state index contributed by atoms with van der Waals surface area (Å²) in [4.78, 5) is 11.6. The molecule has 3 nitrogen and oxygen atoms in total. The molecule has 0 heterocycles. The third-order valence-corrected chi connectivity index (χ3v) is 3.52. The standard InChI is InChI=1S/C11H13FO3S/c1-3-15-11(13)8(2)16(14)10-6-4-5-9(12)7-10/h4-8H,3H2,1-2H3/t8-,16+/m1/s1. The lowest BCUT2D eigenvalue weighted by Gasteiger charge is -2.10. The first-order valence-corrected chi connectivity index (χ1v) is 6.10. The van der Waals surface area contributed by atoms with Crippen LogP contribution in [0.25, 0.3) is 0 Å². The fraction of sp³-hybridized carbons (Fsp3) is 0.364. The average Bonchev–Trinajstić information content (AvgIpc) is 2.27. The summed E-state index contributed by atoms with van der Waals surface area (Å²) in [5.41, 5.74) is 0. The molecule has 1 rings (SSSR count). The minimum atomic E-state index is -1.58. The van der Waals surface area contributed by atoms with Gasteiger partial charge < -0.3 is 4.74 Å². The first-order valence-electron chi connectivity index (χ1n) is 4.89. The zero-order valence-corrected chi connectivity index (χ0v) is 9.92. The van der Waals surface area contributed by atoms with E-state index in [2.05, 4.69) is 0 Å². The van der Waals surface area contributed by atoms with Gasteiger partial charge in [-0.15, -0.1) is 0 Å². The summed E-state index contributed by atoms with van der Waals surface area (Å²) in [6, 6.07) is 5.40. The highest BCUT2D eigenvalue weighted by Gasteiger charge is 2.22. The zero-order chi connectivity index (χ0) is 12.1. The highest BCUT2D eigenvalue weighted by Crippen LogP contribution is 2.13. The number of esters is 1. The van der Waals surface area contributed by atoms with Crippen molar-refractivity contribution < 1.29 is 18.1 Å². The molecule has 5 heteroatoms. The fourth-order valence-electron chi connectivity index (χ4n) is 1.14. The van der Waals surface area contributed by atoms with Crippen molar-refractivity contribution in [3.05, 3.63) is 30.1 Å². The van der Waals surface area contributed by atoms with Crippen LogP contribution in [0.2, 0.25) is 0 Å². The maximum absolute atomic E-state index is 12.9. The van der Waals surface area contributed by atoms with Crippen molar-refractivity contribution in [2.24, 2.45) is 0 Å². The van der Waals surface area contributed by atoms with Crippen molar-refractivity contribution >= 4 is 16.8 Å². The molecule has 0 saturated carbocycles. The summed E-state index contributed by atoms with van der Waals surface area (Å²) in [5.74, 6) is -1.01. The first-order chi connectivity index (χ1) is 7.56. The van der Waals surface area contributed by atoms with E-state index in [9.17, 15) is 13.4 Å². The molecule has 0 saturated heterocycles. The van der Waals surface area contributed by atoms with Gasteiger partial charge in [0.05, 0.1) is 17.4 Å². The van der Waals surface area contributed by atoms with Crippen molar-refractivity contribution in [1.29, 1.82) is 0 Å². The monoisotopic (exact) mass is 244 g/mol. The summed E-state index contributed by atoms with van der Waals surface area (Å²) < 4.78 is 29.5. The molecule has 0 aliphatic carbocycles. The summed E-state index contributed by atoms with van der Waals surface area (Å²) in [6.45, 7) is 3.41. The van der Waals surface area contributed by atoms with E-state index in [1.54, 1.807) is 6.92 Å². The summed E-state index contributed by atoms with van der Waals surface area (Å²) in [7, 11) is -1.58. The Morgan fingerprint density at radius 1 is 1.56 bits per heavy atom. The van der Waals surface area contributed by atoms with E-state index in [0.717, 1.165) is 6.07 Å². The maximum atomic E-state index is 12.9. The predicted molar refractivity (Wildman–Crippen MR) is 58.9 cm³/mol. The third-order valence-electron chi connectivity index (χ3n) is 1.97. The Morgan fingerprint density at radius 3 is 2.81 bits per heavy atom. The van der Waals surface area contributed by atoms with Crippen LogP contribution < -0.4 is 0 Å². The Bertz CT molecular complexity index is 406. The molecule has 0 spiro atoms. The topological polar surface area (TPSA) is 43.4 Å². The molecule has 16 heavy (non-hydrogen) atoms. The second-order valence-electron chi connectivity index (χ2n) is 3.15. The quantitative estimate of drug-likeness (QED) is 0.760. The second-order valence-corrected chi connectivity index (χ2v) is 4.92. The maximum Gasteiger partial charge on any atom is 0.321 e. The number of halogens is 1. The van der Waals surface area contributed by atoms with E-state index in [1.807, 2.05) is 0 Å². The highest BCUT2D eigenvalue weighted by atomic mass is 32.2. The van der Waals surface area contributed by atoms with Crippen molar-refractivity contribution in [3.8, 4) is 0 Å². The van der Waals surface area contributed by atoms with E-state index >= 15 is 0 Å². The zero-order valence-electron chi connectivity index (χ0n) is 9.10. The molecule has 2 atom stereocenters. The molecule has 0 aromatic heterocycles. The molecule has 0 N–H and O–H groups in total. The Labute approximate surface area is 96.1 Å². The summed E-state index contributed by atoms with van der Waals surface area (Å²) in [6.07, 6.45) is 0. The van der Waals surface area contributed by atoms with Crippen molar-refractivity contribution in [3.63, 3.8) is 0 Å². The van der Waals surface area contributed by atoms with Crippen LogP contribution in [0.1, 0.15) is 13.8 Å². The Kier molecular flexibility index (Phi) is 4.61. The molecular formula is C11H13FO3S. The van der Waals surface area contributed by atoms with Crippen LogP contribution in [0.4, 0.5) is 4.39 Å². The lowest BCUT2D eigenvalue weighted by molar-refractivity contribution is -0.142. The van der Waals surface area contributed by atoms with Gasteiger partial charge in [0.2, 0.25) is 0 Å². The molecule has 1 aromatic rings. The number of benzene rings is 1. The van der Waals surface area contributed by atoms with Crippen molar-refractivity contribution in [1.82, 2.24) is 0 Å². The van der Waals surface area contributed by atoms with Gasteiger partial charge in [0.1, 0.15) is 11.1 Å².